The van der Waals surface area contributed by atoms with E-state index in [-0.39, 0.29) is 0 Å². The van der Waals surface area contributed by atoms with Gasteiger partial charge in [-0.15, -0.1) is 5.10 Å². The molecule has 0 spiro atoms. The van der Waals surface area contributed by atoms with Crippen LogP contribution in [0, 0.1) is 0 Å². The van der Waals surface area contributed by atoms with Crippen molar-refractivity contribution in [3.8, 4) is 34.4 Å². The summed E-state index contributed by atoms with van der Waals surface area (Å²) in [6, 6.07) is 10.4. The molecule has 0 bridgehead atoms. The fourth-order valence-electron chi connectivity index (χ4n) is 4.08. The van der Waals surface area contributed by atoms with Crippen LogP contribution in [0.25, 0.3) is 11.4 Å². The molecule has 2 heterocycles. The number of nitrogens with zero attached hydrogens (tertiary/aromatic N) is 3. The first-order chi connectivity index (χ1) is 16.4. The van der Waals surface area contributed by atoms with Gasteiger partial charge in [-0.05, 0) is 32.0 Å². The first kappa shape index (κ1) is 23.0. The maximum Gasteiger partial charge on any atom is 0.248 e. The van der Waals surface area contributed by atoms with Gasteiger partial charge in [-0.2, -0.15) is 4.98 Å². The highest BCUT2D eigenvalue weighted by atomic mass is 16.5. The van der Waals surface area contributed by atoms with E-state index in [4.69, 9.17) is 29.8 Å². The van der Waals surface area contributed by atoms with Gasteiger partial charge in [0.1, 0.15) is 11.8 Å². The Labute approximate surface area is 197 Å². The van der Waals surface area contributed by atoms with Crippen LogP contribution in [0.4, 0.5) is 5.95 Å². The average Bonchev–Trinajstić information content (AvgIpc) is 3.26. The molecule has 10 nitrogen and oxygen atoms in total. The van der Waals surface area contributed by atoms with Crippen molar-refractivity contribution in [3.63, 3.8) is 0 Å². The van der Waals surface area contributed by atoms with Crippen molar-refractivity contribution in [1.82, 2.24) is 14.8 Å². The Balaban J connectivity index is 1.90. The molecule has 4 rings (SSSR count). The topological polar surface area (TPSA) is 123 Å². The van der Waals surface area contributed by atoms with Gasteiger partial charge in [0, 0.05) is 16.8 Å². The number of allylic oxidation sites excluding steroid dienone is 1. The Morgan fingerprint density at radius 1 is 1.09 bits per heavy atom. The predicted octanol–water partition coefficient (Wildman–Crippen LogP) is 3.14. The van der Waals surface area contributed by atoms with Crippen molar-refractivity contribution in [3.05, 3.63) is 53.2 Å². The second kappa shape index (κ2) is 9.34. The van der Waals surface area contributed by atoms with Crippen LogP contribution >= 0.6 is 0 Å². The van der Waals surface area contributed by atoms with Crippen molar-refractivity contribution >= 4 is 11.9 Å². The van der Waals surface area contributed by atoms with Gasteiger partial charge in [-0.3, -0.25) is 4.79 Å². The van der Waals surface area contributed by atoms with E-state index < -0.39 is 11.9 Å². The van der Waals surface area contributed by atoms with Crippen LogP contribution in [-0.4, -0.2) is 48.6 Å². The van der Waals surface area contributed by atoms with Crippen molar-refractivity contribution < 1.29 is 23.7 Å². The van der Waals surface area contributed by atoms with Crippen LogP contribution in [0.2, 0.25) is 0 Å². The van der Waals surface area contributed by atoms with Gasteiger partial charge in [-0.25, -0.2) is 4.68 Å². The van der Waals surface area contributed by atoms with Gasteiger partial charge in [-0.1, -0.05) is 18.2 Å². The number of fused-ring (bicyclic) bond motifs is 1. The lowest BCUT2D eigenvalue weighted by atomic mass is 9.94. The molecule has 0 saturated heterocycles. The summed E-state index contributed by atoms with van der Waals surface area (Å²) >= 11 is 0. The number of hydrogen-bond donors (Lipinski definition) is 2. The maximum absolute atomic E-state index is 12.5. The number of carbonyl (C=O) groups is 1. The van der Waals surface area contributed by atoms with Crippen LogP contribution in [0.1, 0.15) is 25.5 Å². The SMILES string of the molecule is CCOc1ccccc1C1C(C(N)=O)=C(C)Nc2nc(-c3cc(OC)c(OC)c(OC)c3)nn21. The molecule has 1 aliphatic rings. The van der Waals surface area contributed by atoms with Gasteiger partial charge in [0.15, 0.2) is 17.3 Å². The zero-order valence-corrected chi connectivity index (χ0v) is 19.7. The van der Waals surface area contributed by atoms with Gasteiger partial charge in [0.2, 0.25) is 17.6 Å². The van der Waals surface area contributed by atoms with E-state index in [1.54, 1.807) is 38.0 Å². The smallest absolute Gasteiger partial charge is 0.248 e. The zero-order valence-electron chi connectivity index (χ0n) is 19.7. The van der Waals surface area contributed by atoms with E-state index in [0.717, 1.165) is 5.56 Å². The van der Waals surface area contributed by atoms with Gasteiger partial charge in [0.25, 0.3) is 0 Å². The van der Waals surface area contributed by atoms with Crippen LogP contribution in [-0.2, 0) is 4.79 Å². The van der Waals surface area contributed by atoms with E-state index in [2.05, 4.69) is 10.3 Å². The quantitative estimate of drug-likeness (QED) is 0.520. The number of carbonyl (C=O) groups excluding carboxylic acids is 1. The highest BCUT2D eigenvalue weighted by Gasteiger charge is 2.35. The van der Waals surface area contributed by atoms with Crippen molar-refractivity contribution in [2.24, 2.45) is 5.73 Å². The first-order valence-corrected chi connectivity index (χ1v) is 10.7. The van der Waals surface area contributed by atoms with Crippen molar-refractivity contribution in [2.45, 2.75) is 19.9 Å². The minimum Gasteiger partial charge on any atom is -0.494 e. The third-order valence-corrected chi connectivity index (χ3v) is 5.55. The van der Waals surface area contributed by atoms with Gasteiger partial charge in [0.05, 0.1) is 33.5 Å². The molecule has 1 aliphatic heterocycles. The molecule has 10 heteroatoms. The summed E-state index contributed by atoms with van der Waals surface area (Å²) in [6.07, 6.45) is 0. The fourth-order valence-corrected chi connectivity index (χ4v) is 4.08. The van der Waals surface area contributed by atoms with E-state index in [0.29, 0.717) is 58.2 Å². The Morgan fingerprint density at radius 2 is 1.76 bits per heavy atom. The summed E-state index contributed by atoms with van der Waals surface area (Å²) in [6.45, 7) is 4.16. The molecule has 1 unspecified atom stereocenters. The lowest BCUT2D eigenvalue weighted by molar-refractivity contribution is -0.115. The van der Waals surface area contributed by atoms with Crippen LogP contribution in [0.15, 0.2) is 47.7 Å². The number of anilines is 1. The standard InChI is InChI=1S/C24H27N5O5/c1-6-34-16-10-8-7-9-15(16)20-19(22(25)30)13(2)26-24-27-23(28-29(20)24)14-11-17(31-3)21(33-5)18(12-14)32-4/h7-12,20H,6H2,1-5H3,(H2,25,30)(H,26,27,28). The number of nitrogens with one attached hydrogen (secondary N) is 1. The molecule has 1 atom stereocenters. The summed E-state index contributed by atoms with van der Waals surface area (Å²) < 4.78 is 23.8. The minimum atomic E-state index is -0.625. The molecule has 3 N–H and O–H groups in total. The number of hydrogen-bond acceptors (Lipinski definition) is 8. The fraction of sp³-hybridized carbons (Fsp3) is 0.292. The van der Waals surface area contributed by atoms with Crippen LogP contribution in [0.5, 0.6) is 23.0 Å². The molecule has 178 valence electrons. The highest BCUT2D eigenvalue weighted by molar-refractivity contribution is 5.95. The van der Waals surface area contributed by atoms with E-state index >= 15 is 0 Å². The van der Waals surface area contributed by atoms with Crippen LogP contribution < -0.4 is 30.0 Å². The lowest BCUT2D eigenvalue weighted by Gasteiger charge is -2.28. The third-order valence-electron chi connectivity index (χ3n) is 5.55. The number of para-hydroxylation sites is 1. The molecular weight excluding hydrogens is 438 g/mol. The summed E-state index contributed by atoms with van der Waals surface area (Å²) in [5.41, 5.74) is 8.18. The maximum atomic E-state index is 12.5. The predicted molar refractivity (Wildman–Crippen MR) is 126 cm³/mol. The summed E-state index contributed by atoms with van der Waals surface area (Å²) in [7, 11) is 4.63. The number of rotatable bonds is 8. The van der Waals surface area contributed by atoms with Crippen molar-refractivity contribution in [2.75, 3.05) is 33.3 Å². The second-order valence-corrected chi connectivity index (χ2v) is 7.52. The lowest BCUT2D eigenvalue weighted by Crippen LogP contribution is -2.32. The molecular formula is C24H27N5O5. The Morgan fingerprint density at radius 3 is 2.35 bits per heavy atom. The number of aromatic nitrogens is 3. The minimum absolute atomic E-state index is 0.376. The Kier molecular flexibility index (Phi) is 6.31. The summed E-state index contributed by atoms with van der Waals surface area (Å²) in [5, 5.41) is 7.90. The average molecular weight is 466 g/mol. The first-order valence-electron chi connectivity index (χ1n) is 10.7. The molecule has 0 fully saturated rings. The highest BCUT2D eigenvalue weighted by Crippen LogP contribution is 2.43. The monoisotopic (exact) mass is 465 g/mol. The molecule has 0 aliphatic carbocycles. The molecule has 0 saturated carbocycles. The molecule has 1 amide bonds. The molecule has 34 heavy (non-hydrogen) atoms. The van der Waals surface area contributed by atoms with Gasteiger partial charge >= 0.3 is 0 Å². The Bertz CT molecular complexity index is 1240. The van der Waals surface area contributed by atoms with E-state index in [1.807, 2.05) is 31.2 Å². The normalized spacial score (nSPS) is 14.8. The number of ether oxygens (including phenoxy) is 4. The van der Waals surface area contributed by atoms with Crippen LogP contribution in [0.3, 0.4) is 0 Å². The summed E-state index contributed by atoms with van der Waals surface area (Å²) in [4.78, 5) is 17.2. The zero-order chi connectivity index (χ0) is 24.4. The molecule has 3 aromatic rings. The van der Waals surface area contributed by atoms with Gasteiger partial charge < -0.3 is 30.0 Å². The number of amides is 1. The number of primary amides is 1. The third kappa shape index (κ3) is 3.87. The number of methoxy groups -OCH3 is 3. The second-order valence-electron chi connectivity index (χ2n) is 7.52. The van der Waals surface area contributed by atoms with E-state index in [9.17, 15) is 4.79 Å². The molecule has 0 radical (unpaired) electrons. The van der Waals surface area contributed by atoms with Crippen molar-refractivity contribution in [1.29, 1.82) is 0 Å². The Hall–Kier alpha value is -4.21. The summed E-state index contributed by atoms with van der Waals surface area (Å²) in [5.74, 6) is 2.36. The number of nitrogens with two attached hydrogens (primary N) is 1. The largest absolute Gasteiger partial charge is 0.494 e. The molecule has 1 aromatic heterocycles. The number of benzene rings is 2. The van der Waals surface area contributed by atoms with E-state index in [1.165, 1.54) is 7.11 Å². The molecule has 2 aromatic carbocycles.